The van der Waals surface area contributed by atoms with Crippen LogP contribution in [0.5, 0.6) is 0 Å². The number of unbranched alkanes of at least 4 members (excludes halogenated alkanes) is 44. The summed E-state index contributed by atoms with van der Waals surface area (Å²) in [7, 11) is 0. The Bertz CT molecular complexity index is 1640. The smallest absolute Gasteiger partial charge is 0.214 e. The third kappa shape index (κ3) is 32.5. The van der Waals surface area contributed by atoms with Crippen LogP contribution in [0.4, 0.5) is 0 Å². The molecule has 0 aromatic heterocycles. The first-order valence-electron chi connectivity index (χ1n) is 32.5. The van der Waals surface area contributed by atoms with Crippen LogP contribution < -0.4 is 0 Å². The van der Waals surface area contributed by atoms with E-state index in [0.29, 0.717) is 0 Å². The van der Waals surface area contributed by atoms with Gasteiger partial charge in [-0.3, -0.25) is 0 Å². The molecule has 1 heterocycles. The molecular formula is C70H118N2. The molecule has 0 aliphatic carbocycles. The minimum absolute atomic E-state index is 0.884. The number of hydrogen-bond acceptors (Lipinski definition) is 0. The Hall–Kier alpha value is -2.74. The average Bonchev–Trinajstić information content (AvgIpc) is 3.73. The molecule has 0 radical (unpaired) electrons. The molecule has 2 aromatic carbocycles. The van der Waals surface area contributed by atoms with Crippen LogP contribution in [0.2, 0.25) is 0 Å². The van der Waals surface area contributed by atoms with Crippen molar-refractivity contribution >= 4 is 11.4 Å². The average molecular weight is 988 g/mol. The standard InChI is InChI=1S/C70H118N2/c1-4-7-10-13-16-18-20-22-24-25-26-27-28-29-30-31-32-33-34-35-36-37-39-41-43-45-48-51-56-68-63-69(72(71)70(68)67-57-52-55-65(62-67)54-50-46-15-12-9-6-3)66-60-58-64(59-61-66)53-49-47-44-42-40-38-23-21-19-17-14-11-8-5-2/h51-52,55-63H,4-50,53-54H2,1-3H3. The number of rotatable bonds is 52. The summed E-state index contributed by atoms with van der Waals surface area (Å²) in [5.74, 6) is 0. The fourth-order valence-corrected chi connectivity index (χ4v) is 11.3. The van der Waals surface area contributed by atoms with Crippen LogP contribution in [-0.2, 0) is 12.8 Å². The second-order valence-electron chi connectivity index (χ2n) is 22.9. The van der Waals surface area contributed by atoms with E-state index in [1.165, 1.54) is 311 Å². The van der Waals surface area contributed by atoms with Crippen molar-refractivity contribution in [3.63, 3.8) is 0 Å². The summed E-state index contributed by atoms with van der Waals surface area (Å²) < 4.78 is 1.48. The monoisotopic (exact) mass is 987 g/mol. The van der Waals surface area contributed by atoms with Crippen LogP contribution >= 0.6 is 0 Å². The Morgan fingerprint density at radius 1 is 0.347 bits per heavy atom. The Kier molecular flexibility index (Phi) is 41.3. The number of nitrogens with zero attached hydrogens (tertiary/aromatic N) is 2. The highest BCUT2D eigenvalue weighted by Gasteiger charge is 2.28. The van der Waals surface area contributed by atoms with Gasteiger partial charge in [0.05, 0.1) is 5.57 Å². The van der Waals surface area contributed by atoms with Crippen LogP contribution in [0.15, 0.2) is 72.3 Å². The maximum Gasteiger partial charge on any atom is 0.214 e. The third-order valence-electron chi connectivity index (χ3n) is 16.1. The number of hydrogen-bond donors (Lipinski definition) is 0. The highest BCUT2D eigenvalue weighted by molar-refractivity contribution is 5.80. The van der Waals surface area contributed by atoms with Crippen LogP contribution in [0, 0.1) is 0 Å². The normalized spacial score (nSPS) is 12.9. The Balaban J connectivity index is 1.31. The van der Waals surface area contributed by atoms with Crippen molar-refractivity contribution in [1.29, 1.82) is 0 Å². The van der Waals surface area contributed by atoms with Crippen LogP contribution in [0.1, 0.15) is 345 Å². The summed E-state index contributed by atoms with van der Waals surface area (Å²) in [5.41, 5.74) is 19.8. The molecule has 0 amide bonds. The highest BCUT2D eigenvalue weighted by atomic mass is 15.2. The lowest BCUT2D eigenvalue weighted by atomic mass is 10.0. The molecule has 0 saturated heterocycles. The zero-order chi connectivity index (χ0) is 51.0. The van der Waals surface area contributed by atoms with E-state index in [9.17, 15) is 5.53 Å². The number of benzene rings is 2. The second-order valence-corrected chi connectivity index (χ2v) is 22.9. The Labute approximate surface area is 449 Å². The molecule has 1 aliphatic rings. The molecule has 2 heteroatoms. The Morgan fingerprint density at radius 2 is 0.681 bits per heavy atom. The lowest BCUT2D eigenvalue weighted by Crippen LogP contribution is -2.03. The summed E-state index contributed by atoms with van der Waals surface area (Å²) >= 11 is 0. The van der Waals surface area contributed by atoms with Crippen molar-refractivity contribution in [1.82, 2.24) is 0 Å². The predicted octanol–water partition coefficient (Wildman–Crippen LogP) is 24.5. The summed E-state index contributed by atoms with van der Waals surface area (Å²) in [6.07, 6.45) is 74.9. The van der Waals surface area contributed by atoms with E-state index in [2.05, 4.69) is 87.5 Å². The second kappa shape index (κ2) is 46.8. The van der Waals surface area contributed by atoms with Gasteiger partial charge in [0.2, 0.25) is 11.4 Å². The molecule has 0 bridgehead atoms. The molecule has 0 N–H and O–H groups in total. The molecule has 72 heavy (non-hydrogen) atoms. The molecule has 2 nitrogen and oxygen atoms in total. The molecule has 0 unspecified atom stereocenters. The largest absolute Gasteiger partial charge is 0.493 e. The summed E-state index contributed by atoms with van der Waals surface area (Å²) in [6.45, 7) is 6.90. The maximum atomic E-state index is 11.9. The molecule has 408 valence electrons. The van der Waals surface area contributed by atoms with Gasteiger partial charge < -0.3 is 5.53 Å². The van der Waals surface area contributed by atoms with Gasteiger partial charge in [-0.15, -0.1) is 0 Å². The van der Waals surface area contributed by atoms with E-state index in [4.69, 9.17) is 0 Å². The fraction of sp³-hybridized carbons (Fsp3) is 0.743. The van der Waals surface area contributed by atoms with Crippen molar-refractivity contribution in [3.8, 4) is 0 Å². The maximum absolute atomic E-state index is 11.9. The van der Waals surface area contributed by atoms with Gasteiger partial charge in [0.25, 0.3) is 0 Å². The zero-order valence-corrected chi connectivity index (χ0v) is 48.4. The van der Waals surface area contributed by atoms with Crippen molar-refractivity contribution < 1.29 is 4.70 Å². The lowest BCUT2D eigenvalue weighted by Gasteiger charge is -2.11. The predicted molar refractivity (Wildman–Crippen MR) is 322 cm³/mol. The number of allylic oxidation sites excluding steroid dienone is 4. The van der Waals surface area contributed by atoms with Crippen LogP contribution in [0.3, 0.4) is 0 Å². The van der Waals surface area contributed by atoms with E-state index in [1.54, 1.807) is 0 Å². The van der Waals surface area contributed by atoms with Crippen LogP contribution in [-0.4, -0.2) is 4.70 Å². The first-order valence-corrected chi connectivity index (χ1v) is 32.5. The quantitative estimate of drug-likeness (QED) is 0.0466. The van der Waals surface area contributed by atoms with Crippen LogP contribution in [0.25, 0.3) is 16.9 Å². The van der Waals surface area contributed by atoms with E-state index >= 15 is 0 Å². The molecule has 2 aromatic rings. The van der Waals surface area contributed by atoms with E-state index < -0.39 is 0 Å². The molecule has 0 atom stereocenters. The summed E-state index contributed by atoms with van der Waals surface area (Å²) in [5, 5.41) is 0. The molecule has 0 fully saturated rings. The summed E-state index contributed by atoms with van der Waals surface area (Å²) in [6, 6.07) is 18.0. The van der Waals surface area contributed by atoms with Gasteiger partial charge >= 0.3 is 0 Å². The van der Waals surface area contributed by atoms with Gasteiger partial charge in [-0.2, -0.15) is 0 Å². The SMILES string of the molecule is CCCCCCCCCCCCCCCCCCCCCCCCCCCCC=CC1=C(c2cccc(CCCCCCCC)c2)[N+](=[N-])C(c2ccc(CCCCCCCCCCCCCCCC)cc2)=C1. The minimum atomic E-state index is 0.884. The van der Waals surface area contributed by atoms with E-state index in [1.807, 2.05) is 0 Å². The zero-order valence-electron chi connectivity index (χ0n) is 48.4. The fourth-order valence-electron chi connectivity index (χ4n) is 11.3. The summed E-state index contributed by atoms with van der Waals surface area (Å²) in [4.78, 5) is 0. The molecule has 0 spiro atoms. The van der Waals surface area contributed by atoms with Gasteiger partial charge in [0.15, 0.2) is 0 Å². The molecule has 1 aliphatic heterocycles. The van der Waals surface area contributed by atoms with Gasteiger partial charge in [-0.1, -0.05) is 333 Å². The first kappa shape index (κ1) is 63.6. The van der Waals surface area contributed by atoms with Crippen molar-refractivity contribution in [2.24, 2.45) is 0 Å². The van der Waals surface area contributed by atoms with Gasteiger partial charge in [-0.05, 0) is 73.9 Å². The van der Waals surface area contributed by atoms with E-state index in [0.717, 1.165) is 47.4 Å². The van der Waals surface area contributed by atoms with Crippen molar-refractivity contribution in [2.45, 2.75) is 335 Å². The topological polar surface area (TPSA) is 25.3 Å². The molecule has 3 rings (SSSR count). The highest BCUT2D eigenvalue weighted by Crippen LogP contribution is 2.37. The van der Waals surface area contributed by atoms with E-state index in [-0.39, 0.29) is 0 Å². The Morgan fingerprint density at radius 3 is 1.06 bits per heavy atom. The van der Waals surface area contributed by atoms with Gasteiger partial charge in [-0.25, -0.2) is 4.70 Å². The lowest BCUT2D eigenvalue weighted by molar-refractivity contribution is -0.344. The van der Waals surface area contributed by atoms with Gasteiger partial charge in [0, 0.05) is 17.2 Å². The third-order valence-corrected chi connectivity index (χ3v) is 16.1. The minimum Gasteiger partial charge on any atom is -0.493 e. The molecular weight excluding hydrogens is 869 g/mol. The van der Waals surface area contributed by atoms with Gasteiger partial charge in [0.1, 0.15) is 0 Å². The molecule has 0 saturated carbocycles. The van der Waals surface area contributed by atoms with Crippen molar-refractivity contribution in [2.75, 3.05) is 0 Å². The van der Waals surface area contributed by atoms with Crippen molar-refractivity contribution in [3.05, 3.63) is 100 Å². The first-order chi connectivity index (χ1) is 35.7. The number of aryl methyl sites for hydroxylation is 2.